The predicted octanol–water partition coefficient (Wildman–Crippen LogP) is 13.2. The van der Waals surface area contributed by atoms with E-state index in [4.69, 9.17) is 23.8 Å². The van der Waals surface area contributed by atoms with E-state index in [9.17, 15) is 0 Å². The highest BCUT2D eigenvalue weighted by Gasteiger charge is 2.19. The largest absolute Gasteiger partial charge is 0.456 e. The fourth-order valence-corrected chi connectivity index (χ4v) is 7.78. The monoisotopic (exact) mass is 691 g/mol. The number of fused-ring (bicyclic) bond motifs is 7. The van der Waals surface area contributed by atoms with Crippen molar-refractivity contribution in [3.8, 4) is 56.4 Å². The van der Waals surface area contributed by atoms with Crippen molar-refractivity contribution >= 4 is 54.6 Å². The Hall–Kier alpha value is -7.37. The molecule has 0 saturated carbocycles. The van der Waals surface area contributed by atoms with Crippen LogP contribution in [0, 0.1) is 0 Å². The van der Waals surface area contributed by atoms with Crippen LogP contribution in [0.3, 0.4) is 0 Å². The topological polar surface area (TPSA) is 65.0 Å². The summed E-state index contributed by atoms with van der Waals surface area (Å²) in [6.45, 7) is 0. The van der Waals surface area contributed by atoms with Gasteiger partial charge >= 0.3 is 0 Å². The van der Waals surface area contributed by atoms with Crippen LogP contribution < -0.4 is 0 Å². The van der Waals surface area contributed by atoms with Gasteiger partial charge in [-0.25, -0.2) is 15.0 Å². The van der Waals surface area contributed by atoms with Gasteiger partial charge in [-0.05, 0) is 69.4 Å². The molecule has 54 heavy (non-hydrogen) atoms. The maximum absolute atomic E-state index is 6.44. The van der Waals surface area contributed by atoms with Gasteiger partial charge in [0.15, 0.2) is 17.5 Å². The van der Waals surface area contributed by atoms with Gasteiger partial charge in [-0.15, -0.1) is 0 Å². The van der Waals surface area contributed by atoms with Crippen LogP contribution in [0.15, 0.2) is 185 Å². The smallest absolute Gasteiger partial charge is 0.167 e. The van der Waals surface area contributed by atoms with Gasteiger partial charge in [0.2, 0.25) is 0 Å². The zero-order valence-corrected chi connectivity index (χ0v) is 28.9. The van der Waals surface area contributed by atoms with Crippen LogP contribution in [-0.4, -0.2) is 15.0 Å². The number of rotatable bonds is 5. The second-order valence-corrected chi connectivity index (χ2v) is 13.5. The third-order valence-corrected chi connectivity index (χ3v) is 10.4. The van der Waals surface area contributed by atoms with Crippen molar-refractivity contribution in [1.29, 1.82) is 0 Å². The molecule has 5 heteroatoms. The molecule has 0 atom stereocenters. The molecule has 0 aliphatic rings. The molecule has 0 saturated heterocycles. The molecule has 0 amide bonds. The molecule has 0 aliphatic carbocycles. The molecule has 0 fully saturated rings. The van der Waals surface area contributed by atoms with Crippen molar-refractivity contribution in [2.75, 3.05) is 0 Å². The van der Waals surface area contributed by atoms with Gasteiger partial charge in [0.05, 0.1) is 5.56 Å². The summed E-state index contributed by atoms with van der Waals surface area (Å²) in [5, 5.41) is 6.61. The third-order valence-electron chi connectivity index (χ3n) is 10.4. The number of benzene rings is 8. The Balaban J connectivity index is 1.06. The summed E-state index contributed by atoms with van der Waals surface area (Å²) in [6, 6.07) is 60.5. The Morgan fingerprint density at radius 1 is 0.315 bits per heavy atom. The first-order chi connectivity index (χ1) is 26.7. The van der Waals surface area contributed by atoms with E-state index in [1.54, 1.807) is 0 Å². The fraction of sp³-hybridized carbons (Fsp3) is 0. The van der Waals surface area contributed by atoms with E-state index >= 15 is 0 Å². The van der Waals surface area contributed by atoms with Gasteiger partial charge in [-0.1, -0.05) is 140 Å². The maximum atomic E-state index is 6.44. The summed E-state index contributed by atoms with van der Waals surface area (Å²) in [4.78, 5) is 15.2. The van der Waals surface area contributed by atoms with E-state index < -0.39 is 0 Å². The van der Waals surface area contributed by atoms with E-state index in [0.717, 1.165) is 71.7 Å². The molecule has 3 heterocycles. The Bertz CT molecular complexity index is 3210. The van der Waals surface area contributed by atoms with Crippen LogP contribution >= 0.6 is 0 Å². The molecule has 8 aromatic carbocycles. The Morgan fingerprint density at radius 2 is 0.889 bits per heavy atom. The lowest BCUT2D eigenvalue weighted by Gasteiger charge is -2.10. The molecular formula is C49H29N3O2. The van der Waals surface area contributed by atoms with Crippen molar-refractivity contribution in [2.45, 2.75) is 0 Å². The summed E-state index contributed by atoms with van der Waals surface area (Å²) < 4.78 is 12.9. The van der Waals surface area contributed by atoms with Gasteiger partial charge in [0, 0.05) is 32.7 Å². The molecule has 5 nitrogen and oxygen atoms in total. The molecule has 3 aromatic heterocycles. The maximum Gasteiger partial charge on any atom is 0.167 e. The van der Waals surface area contributed by atoms with Crippen LogP contribution in [0.1, 0.15) is 0 Å². The number of nitrogens with zero attached hydrogens (tertiary/aromatic N) is 3. The zero-order valence-electron chi connectivity index (χ0n) is 28.9. The number of aromatic nitrogens is 3. The van der Waals surface area contributed by atoms with E-state index in [2.05, 4.69) is 97.1 Å². The van der Waals surface area contributed by atoms with Gasteiger partial charge in [0.1, 0.15) is 22.3 Å². The average molecular weight is 692 g/mol. The van der Waals surface area contributed by atoms with E-state index in [-0.39, 0.29) is 0 Å². The van der Waals surface area contributed by atoms with Gasteiger partial charge < -0.3 is 8.83 Å². The molecule has 0 unspecified atom stereocenters. The Kier molecular flexibility index (Phi) is 6.79. The Labute approximate surface area is 309 Å². The third kappa shape index (κ3) is 4.90. The normalized spacial score (nSPS) is 11.7. The SMILES string of the molecule is c1ccc(-c2nc(-c3ccc4oc5cccc(-c6ccc(-c7cccc8ccccc78)cc6)c5c4c3)nc(-c3cccc4c3oc3ccccc34)n2)cc1. The number of hydrogen-bond donors (Lipinski definition) is 0. The average Bonchev–Trinajstić information content (AvgIpc) is 3.82. The number of furan rings is 2. The quantitative estimate of drug-likeness (QED) is 0.180. The summed E-state index contributed by atoms with van der Waals surface area (Å²) in [6.07, 6.45) is 0. The minimum absolute atomic E-state index is 0.549. The highest BCUT2D eigenvalue weighted by Crippen LogP contribution is 2.40. The predicted molar refractivity (Wildman–Crippen MR) is 219 cm³/mol. The number of para-hydroxylation sites is 2. The lowest BCUT2D eigenvalue weighted by molar-refractivity contribution is 0.669. The lowest BCUT2D eigenvalue weighted by atomic mass is 9.94. The molecule has 0 N–H and O–H groups in total. The zero-order chi connectivity index (χ0) is 35.6. The lowest BCUT2D eigenvalue weighted by Crippen LogP contribution is -2.00. The number of hydrogen-bond acceptors (Lipinski definition) is 5. The van der Waals surface area contributed by atoms with Crippen LogP contribution in [0.2, 0.25) is 0 Å². The van der Waals surface area contributed by atoms with E-state index in [1.165, 1.54) is 21.9 Å². The highest BCUT2D eigenvalue weighted by molar-refractivity contribution is 6.13. The second-order valence-electron chi connectivity index (χ2n) is 13.5. The molecule has 11 rings (SSSR count). The summed E-state index contributed by atoms with van der Waals surface area (Å²) in [5.41, 5.74) is 10.4. The van der Waals surface area contributed by atoms with E-state index in [0.29, 0.717) is 17.5 Å². The summed E-state index contributed by atoms with van der Waals surface area (Å²) in [5.74, 6) is 1.71. The first-order valence-electron chi connectivity index (χ1n) is 18.0. The summed E-state index contributed by atoms with van der Waals surface area (Å²) in [7, 11) is 0. The first-order valence-corrected chi connectivity index (χ1v) is 18.0. The minimum atomic E-state index is 0.549. The van der Waals surface area contributed by atoms with Crippen LogP contribution in [0.25, 0.3) is 111 Å². The molecule has 252 valence electrons. The Morgan fingerprint density at radius 3 is 1.76 bits per heavy atom. The molecule has 0 spiro atoms. The summed E-state index contributed by atoms with van der Waals surface area (Å²) >= 11 is 0. The highest BCUT2D eigenvalue weighted by atomic mass is 16.3. The molecular weight excluding hydrogens is 663 g/mol. The van der Waals surface area contributed by atoms with Crippen molar-refractivity contribution in [1.82, 2.24) is 15.0 Å². The van der Waals surface area contributed by atoms with Crippen molar-refractivity contribution in [3.63, 3.8) is 0 Å². The molecule has 0 bridgehead atoms. The van der Waals surface area contributed by atoms with Crippen LogP contribution in [0.4, 0.5) is 0 Å². The fourth-order valence-electron chi connectivity index (χ4n) is 7.78. The molecule has 0 radical (unpaired) electrons. The first kappa shape index (κ1) is 30.3. The van der Waals surface area contributed by atoms with Crippen molar-refractivity contribution in [2.24, 2.45) is 0 Å². The minimum Gasteiger partial charge on any atom is -0.456 e. The molecule has 11 aromatic rings. The van der Waals surface area contributed by atoms with Crippen molar-refractivity contribution in [3.05, 3.63) is 176 Å². The standard InChI is InChI=1S/C49H29N3O2/c1-2-12-33(13-3-1)47-50-48(52-49(51-47)40-20-9-19-39-38-16-6-7-21-42(38)54-46(39)40)34-27-28-43-41(29-34)45-37(18-10-22-44(45)53-43)32-25-23-31(24-26-32)36-17-8-14-30-11-4-5-15-35(30)36/h1-29H. The second kappa shape index (κ2) is 12.1. The van der Waals surface area contributed by atoms with Crippen LogP contribution in [-0.2, 0) is 0 Å². The van der Waals surface area contributed by atoms with E-state index in [1.807, 2.05) is 78.9 Å². The van der Waals surface area contributed by atoms with Gasteiger partial charge in [-0.3, -0.25) is 0 Å². The van der Waals surface area contributed by atoms with Crippen molar-refractivity contribution < 1.29 is 8.83 Å². The molecule has 0 aliphatic heterocycles. The van der Waals surface area contributed by atoms with Crippen LogP contribution in [0.5, 0.6) is 0 Å². The van der Waals surface area contributed by atoms with Gasteiger partial charge in [-0.2, -0.15) is 0 Å². The van der Waals surface area contributed by atoms with Gasteiger partial charge in [0.25, 0.3) is 0 Å².